The molecule has 0 aliphatic rings. The predicted octanol–water partition coefficient (Wildman–Crippen LogP) is 4.81. The quantitative estimate of drug-likeness (QED) is 0.511. The van der Waals surface area contributed by atoms with Gasteiger partial charge in [-0.15, -0.1) is 0 Å². The molecule has 1 heterocycles. The second-order valence-electron chi connectivity index (χ2n) is 6.58. The molecule has 28 heavy (non-hydrogen) atoms. The lowest BCUT2D eigenvalue weighted by molar-refractivity contribution is -0.116. The number of hydrogen-bond donors (Lipinski definition) is 2. The number of carbonyl (C=O) groups is 1. The number of imidazole rings is 1. The number of aromatic amines is 1. The number of carbonyl (C=O) groups excluding carboxylic acids is 1. The Morgan fingerprint density at radius 3 is 2.46 bits per heavy atom. The summed E-state index contributed by atoms with van der Waals surface area (Å²) in [6, 6.07) is 23.4. The summed E-state index contributed by atoms with van der Waals surface area (Å²) < 4.78 is 5.15. The van der Waals surface area contributed by atoms with Gasteiger partial charge in [0.15, 0.2) is 0 Å². The molecule has 0 saturated carbocycles. The van der Waals surface area contributed by atoms with Crippen molar-refractivity contribution in [1.29, 1.82) is 0 Å². The fourth-order valence-electron chi connectivity index (χ4n) is 3.07. The number of ether oxygens (including phenoxy) is 1. The Morgan fingerprint density at radius 1 is 1.00 bits per heavy atom. The highest BCUT2D eigenvalue weighted by Crippen LogP contribution is 2.22. The molecule has 0 spiro atoms. The lowest BCUT2D eigenvalue weighted by atomic mass is 10.1. The first kappa shape index (κ1) is 17.8. The van der Waals surface area contributed by atoms with E-state index in [1.165, 1.54) is 0 Å². The zero-order valence-electron chi connectivity index (χ0n) is 15.6. The van der Waals surface area contributed by atoms with Gasteiger partial charge in [0.05, 0.1) is 18.1 Å². The van der Waals surface area contributed by atoms with Gasteiger partial charge in [-0.2, -0.15) is 0 Å². The second kappa shape index (κ2) is 7.96. The molecule has 0 saturated heterocycles. The number of anilines is 1. The van der Waals surface area contributed by atoms with Gasteiger partial charge < -0.3 is 15.0 Å². The maximum Gasteiger partial charge on any atom is 0.224 e. The zero-order chi connectivity index (χ0) is 19.3. The maximum absolute atomic E-state index is 12.2. The van der Waals surface area contributed by atoms with Crippen LogP contribution in [0, 0.1) is 0 Å². The van der Waals surface area contributed by atoms with E-state index in [0.29, 0.717) is 12.8 Å². The summed E-state index contributed by atoms with van der Waals surface area (Å²) in [5.74, 6) is 1.63. The highest BCUT2D eigenvalue weighted by atomic mass is 16.5. The molecule has 0 radical (unpaired) electrons. The van der Waals surface area contributed by atoms with Gasteiger partial charge in [0.25, 0.3) is 0 Å². The number of aryl methyl sites for hydroxylation is 1. The number of amides is 1. The Hall–Kier alpha value is -3.60. The minimum atomic E-state index is -0.00712. The number of nitrogens with one attached hydrogen (secondary N) is 2. The van der Waals surface area contributed by atoms with Crippen LogP contribution in [0.5, 0.6) is 5.75 Å². The Kier molecular flexibility index (Phi) is 5.06. The number of methoxy groups -OCH3 is 1. The number of nitrogens with zero attached hydrogens (tertiary/aromatic N) is 1. The minimum Gasteiger partial charge on any atom is -0.497 e. The van der Waals surface area contributed by atoms with Crippen LogP contribution in [-0.2, 0) is 11.2 Å². The molecule has 4 rings (SSSR count). The van der Waals surface area contributed by atoms with Crippen molar-refractivity contribution in [3.05, 3.63) is 78.4 Å². The van der Waals surface area contributed by atoms with E-state index in [0.717, 1.165) is 39.4 Å². The number of fused-ring (bicyclic) bond motifs is 1. The fraction of sp³-hybridized carbons (Fsp3) is 0.130. The standard InChI is InChI=1S/C23H21N3O2/c1-28-19-13-6-16(7-14-19)8-15-22(27)24-18-11-9-17(10-12-18)23-25-20-4-2-3-5-21(20)26-23/h2-7,9-14H,8,15H2,1H3,(H,24,27)(H,25,26). The molecule has 140 valence electrons. The number of rotatable bonds is 6. The molecule has 0 atom stereocenters. The average molecular weight is 371 g/mol. The van der Waals surface area contributed by atoms with Crippen LogP contribution in [0.2, 0.25) is 0 Å². The normalized spacial score (nSPS) is 10.8. The first-order valence-electron chi connectivity index (χ1n) is 9.19. The summed E-state index contributed by atoms with van der Waals surface area (Å²) in [7, 11) is 1.64. The molecule has 0 aliphatic heterocycles. The summed E-state index contributed by atoms with van der Waals surface area (Å²) in [6.45, 7) is 0. The van der Waals surface area contributed by atoms with Crippen molar-refractivity contribution in [1.82, 2.24) is 9.97 Å². The number of benzene rings is 3. The van der Waals surface area contributed by atoms with Crippen molar-refractivity contribution < 1.29 is 9.53 Å². The fourth-order valence-corrected chi connectivity index (χ4v) is 3.07. The number of hydrogen-bond acceptors (Lipinski definition) is 3. The molecule has 0 aliphatic carbocycles. The molecular weight excluding hydrogens is 350 g/mol. The molecule has 0 unspecified atom stereocenters. The highest BCUT2D eigenvalue weighted by Gasteiger charge is 2.07. The largest absolute Gasteiger partial charge is 0.497 e. The molecular formula is C23H21N3O2. The van der Waals surface area contributed by atoms with Gasteiger partial charge in [0.1, 0.15) is 11.6 Å². The Labute approximate surface area is 163 Å². The summed E-state index contributed by atoms with van der Waals surface area (Å²) in [6.07, 6.45) is 1.12. The molecule has 5 heteroatoms. The lowest BCUT2D eigenvalue weighted by Crippen LogP contribution is -2.12. The molecule has 3 aromatic carbocycles. The third-order valence-corrected chi connectivity index (χ3v) is 4.63. The summed E-state index contributed by atoms with van der Waals surface area (Å²) in [5.41, 5.74) is 4.81. The van der Waals surface area contributed by atoms with E-state index in [9.17, 15) is 4.79 Å². The Balaban J connectivity index is 1.36. The SMILES string of the molecule is COc1ccc(CCC(=O)Nc2ccc(-c3nc4ccccc4[nH]3)cc2)cc1. The molecule has 0 fully saturated rings. The van der Waals surface area contributed by atoms with Crippen molar-refractivity contribution >= 4 is 22.6 Å². The van der Waals surface area contributed by atoms with Crippen molar-refractivity contribution in [3.8, 4) is 17.1 Å². The lowest BCUT2D eigenvalue weighted by Gasteiger charge is -2.07. The van der Waals surface area contributed by atoms with Crippen LogP contribution >= 0.6 is 0 Å². The molecule has 4 aromatic rings. The van der Waals surface area contributed by atoms with E-state index >= 15 is 0 Å². The van der Waals surface area contributed by atoms with E-state index in [1.54, 1.807) is 7.11 Å². The van der Waals surface area contributed by atoms with E-state index < -0.39 is 0 Å². The maximum atomic E-state index is 12.2. The number of H-pyrrole nitrogens is 1. The van der Waals surface area contributed by atoms with Crippen LogP contribution in [0.1, 0.15) is 12.0 Å². The van der Waals surface area contributed by atoms with Gasteiger partial charge in [-0.3, -0.25) is 4.79 Å². The molecule has 5 nitrogen and oxygen atoms in total. The summed E-state index contributed by atoms with van der Waals surface area (Å²) in [4.78, 5) is 20.1. The third kappa shape index (κ3) is 4.04. The zero-order valence-corrected chi connectivity index (χ0v) is 15.6. The number of para-hydroxylation sites is 2. The second-order valence-corrected chi connectivity index (χ2v) is 6.58. The van der Waals surface area contributed by atoms with Crippen LogP contribution in [0.4, 0.5) is 5.69 Å². The first-order chi connectivity index (χ1) is 13.7. The first-order valence-corrected chi connectivity index (χ1v) is 9.19. The van der Waals surface area contributed by atoms with E-state index in [1.807, 2.05) is 72.8 Å². The Bertz CT molecular complexity index is 1050. The molecule has 1 aromatic heterocycles. The topological polar surface area (TPSA) is 67.0 Å². The minimum absolute atomic E-state index is 0.00712. The molecule has 1 amide bonds. The van der Waals surface area contributed by atoms with Crippen molar-refractivity contribution in [2.75, 3.05) is 12.4 Å². The van der Waals surface area contributed by atoms with Gasteiger partial charge in [-0.1, -0.05) is 24.3 Å². The van der Waals surface area contributed by atoms with Crippen LogP contribution < -0.4 is 10.1 Å². The molecule has 0 bridgehead atoms. The van der Waals surface area contributed by atoms with Crippen LogP contribution in [0.3, 0.4) is 0 Å². The van der Waals surface area contributed by atoms with Gasteiger partial charge in [0, 0.05) is 17.7 Å². The van der Waals surface area contributed by atoms with Gasteiger partial charge >= 0.3 is 0 Å². The smallest absolute Gasteiger partial charge is 0.224 e. The van der Waals surface area contributed by atoms with Crippen molar-refractivity contribution in [2.45, 2.75) is 12.8 Å². The van der Waals surface area contributed by atoms with Crippen molar-refractivity contribution in [3.63, 3.8) is 0 Å². The Morgan fingerprint density at radius 2 is 1.75 bits per heavy atom. The van der Waals surface area contributed by atoms with Crippen LogP contribution in [-0.4, -0.2) is 23.0 Å². The van der Waals surface area contributed by atoms with Crippen LogP contribution in [0.25, 0.3) is 22.4 Å². The van der Waals surface area contributed by atoms with E-state index in [4.69, 9.17) is 4.74 Å². The number of aromatic nitrogens is 2. The monoisotopic (exact) mass is 371 g/mol. The highest BCUT2D eigenvalue weighted by molar-refractivity contribution is 5.91. The average Bonchev–Trinajstić information content (AvgIpc) is 3.17. The van der Waals surface area contributed by atoms with Crippen LogP contribution in [0.15, 0.2) is 72.8 Å². The van der Waals surface area contributed by atoms with Gasteiger partial charge in [-0.05, 0) is 60.5 Å². The van der Waals surface area contributed by atoms with Gasteiger partial charge in [-0.25, -0.2) is 4.98 Å². The summed E-state index contributed by atoms with van der Waals surface area (Å²) >= 11 is 0. The van der Waals surface area contributed by atoms with Crippen molar-refractivity contribution in [2.24, 2.45) is 0 Å². The third-order valence-electron chi connectivity index (χ3n) is 4.63. The summed E-state index contributed by atoms with van der Waals surface area (Å²) in [5, 5.41) is 2.95. The molecule has 2 N–H and O–H groups in total. The van der Waals surface area contributed by atoms with E-state index in [-0.39, 0.29) is 5.91 Å². The van der Waals surface area contributed by atoms with E-state index in [2.05, 4.69) is 15.3 Å². The predicted molar refractivity (Wildman–Crippen MR) is 111 cm³/mol. The van der Waals surface area contributed by atoms with Gasteiger partial charge in [0.2, 0.25) is 5.91 Å².